The molecule has 20 heavy (non-hydrogen) atoms. The third-order valence-electron chi connectivity index (χ3n) is 2.95. The average Bonchev–Trinajstić information content (AvgIpc) is 2.44. The molecule has 0 spiro atoms. The van der Waals surface area contributed by atoms with E-state index >= 15 is 0 Å². The minimum atomic E-state index is -0.0488. The number of hydrogen-bond donors (Lipinski definition) is 1. The zero-order valence-electron chi connectivity index (χ0n) is 12.3. The predicted octanol–water partition coefficient (Wildman–Crippen LogP) is 4.00. The first kappa shape index (κ1) is 16.8. The van der Waals surface area contributed by atoms with E-state index in [0.717, 1.165) is 38.0 Å². The van der Waals surface area contributed by atoms with E-state index in [2.05, 4.69) is 12.2 Å². The predicted molar refractivity (Wildman–Crippen MR) is 83.7 cm³/mol. The number of rotatable bonds is 9. The number of benzene rings is 1. The molecule has 3 nitrogen and oxygen atoms in total. The number of nitrogens with one attached hydrogen (secondary N) is 1. The lowest BCUT2D eigenvalue weighted by atomic mass is 10.2. The minimum Gasteiger partial charge on any atom is -0.494 e. The summed E-state index contributed by atoms with van der Waals surface area (Å²) in [4.78, 5) is 11.9. The Morgan fingerprint density at radius 2 is 2.00 bits per heavy atom. The lowest BCUT2D eigenvalue weighted by Crippen LogP contribution is -2.24. The van der Waals surface area contributed by atoms with Crippen molar-refractivity contribution in [3.8, 4) is 5.75 Å². The van der Waals surface area contributed by atoms with Crippen LogP contribution in [0.4, 0.5) is 0 Å². The maximum Gasteiger partial charge on any atom is 0.251 e. The molecule has 0 aromatic heterocycles. The van der Waals surface area contributed by atoms with Crippen LogP contribution in [-0.2, 0) is 0 Å². The Kier molecular flexibility index (Phi) is 8.12. The van der Waals surface area contributed by atoms with Crippen LogP contribution >= 0.6 is 11.6 Å². The lowest BCUT2D eigenvalue weighted by molar-refractivity contribution is 0.0953. The first-order valence-corrected chi connectivity index (χ1v) is 7.72. The molecule has 0 aliphatic heterocycles. The maximum absolute atomic E-state index is 11.9. The summed E-state index contributed by atoms with van der Waals surface area (Å²) < 4.78 is 5.56. The van der Waals surface area contributed by atoms with Crippen LogP contribution in [0.2, 0.25) is 0 Å². The molecule has 1 unspecified atom stereocenters. The van der Waals surface area contributed by atoms with Crippen molar-refractivity contribution in [3.05, 3.63) is 29.8 Å². The van der Waals surface area contributed by atoms with E-state index in [1.807, 2.05) is 19.1 Å². The van der Waals surface area contributed by atoms with Crippen LogP contribution < -0.4 is 10.1 Å². The van der Waals surface area contributed by atoms with Crippen molar-refractivity contribution in [2.75, 3.05) is 13.2 Å². The van der Waals surface area contributed by atoms with Gasteiger partial charge in [-0.2, -0.15) is 0 Å². The third kappa shape index (κ3) is 6.80. The Hall–Kier alpha value is -1.22. The SMILES string of the molecule is CCCCOc1ccc(C(=O)NCCCC(C)Cl)cc1. The highest BCUT2D eigenvalue weighted by atomic mass is 35.5. The van der Waals surface area contributed by atoms with Crippen LogP contribution in [0.1, 0.15) is 49.9 Å². The van der Waals surface area contributed by atoms with E-state index in [1.54, 1.807) is 12.1 Å². The van der Waals surface area contributed by atoms with Gasteiger partial charge < -0.3 is 10.1 Å². The normalized spacial score (nSPS) is 11.9. The summed E-state index contributed by atoms with van der Waals surface area (Å²) in [5, 5.41) is 3.05. The van der Waals surface area contributed by atoms with E-state index in [0.29, 0.717) is 12.1 Å². The van der Waals surface area contributed by atoms with Gasteiger partial charge in [-0.25, -0.2) is 0 Å². The van der Waals surface area contributed by atoms with Crippen molar-refractivity contribution in [2.45, 2.75) is 44.9 Å². The summed E-state index contributed by atoms with van der Waals surface area (Å²) in [5.41, 5.74) is 0.659. The topological polar surface area (TPSA) is 38.3 Å². The number of alkyl halides is 1. The Labute approximate surface area is 126 Å². The molecule has 0 radical (unpaired) electrons. The highest BCUT2D eigenvalue weighted by molar-refractivity contribution is 6.20. The molecule has 1 amide bonds. The molecule has 0 saturated heterocycles. The third-order valence-corrected chi connectivity index (χ3v) is 3.17. The summed E-state index contributed by atoms with van der Waals surface area (Å²) in [5.74, 6) is 0.762. The quantitative estimate of drug-likeness (QED) is 0.552. The van der Waals surface area contributed by atoms with Crippen LogP contribution in [0.5, 0.6) is 5.75 Å². The maximum atomic E-state index is 11.9. The number of carbonyl (C=O) groups excluding carboxylic acids is 1. The molecule has 1 aromatic rings. The summed E-state index contributed by atoms with van der Waals surface area (Å²) in [6.07, 6.45) is 3.96. The number of unbranched alkanes of at least 4 members (excludes halogenated alkanes) is 1. The number of carbonyl (C=O) groups is 1. The first-order chi connectivity index (χ1) is 9.63. The average molecular weight is 298 g/mol. The monoisotopic (exact) mass is 297 g/mol. The minimum absolute atomic E-state index is 0.0488. The Morgan fingerprint density at radius 3 is 2.60 bits per heavy atom. The number of halogens is 1. The van der Waals surface area contributed by atoms with Gasteiger partial charge in [0.2, 0.25) is 0 Å². The van der Waals surface area contributed by atoms with E-state index in [4.69, 9.17) is 16.3 Å². The Balaban J connectivity index is 2.33. The van der Waals surface area contributed by atoms with Gasteiger partial charge in [0.05, 0.1) is 6.61 Å². The van der Waals surface area contributed by atoms with Crippen LogP contribution in [-0.4, -0.2) is 24.4 Å². The lowest BCUT2D eigenvalue weighted by Gasteiger charge is -2.08. The summed E-state index contributed by atoms with van der Waals surface area (Å²) in [7, 11) is 0. The zero-order valence-corrected chi connectivity index (χ0v) is 13.1. The van der Waals surface area contributed by atoms with E-state index in [1.165, 1.54) is 0 Å². The summed E-state index contributed by atoms with van der Waals surface area (Å²) in [6, 6.07) is 7.26. The summed E-state index contributed by atoms with van der Waals surface area (Å²) >= 11 is 5.85. The van der Waals surface area contributed by atoms with Crippen LogP contribution in [0.25, 0.3) is 0 Å². The van der Waals surface area contributed by atoms with Crippen molar-refractivity contribution in [1.29, 1.82) is 0 Å². The molecular formula is C16H24ClNO2. The van der Waals surface area contributed by atoms with Gasteiger partial charge in [0, 0.05) is 17.5 Å². The molecule has 0 fully saturated rings. The van der Waals surface area contributed by atoms with Crippen molar-refractivity contribution < 1.29 is 9.53 Å². The second-order valence-corrected chi connectivity index (χ2v) is 5.65. The van der Waals surface area contributed by atoms with Gasteiger partial charge in [0.15, 0.2) is 0 Å². The highest BCUT2D eigenvalue weighted by Crippen LogP contribution is 2.12. The second kappa shape index (κ2) is 9.65. The van der Waals surface area contributed by atoms with Gasteiger partial charge in [0.1, 0.15) is 5.75 Å². The Bertz CT molecular complexity index is 390. The molecule has 0 bridgehead atoms. The Morgan fingerprint density at radius 1 is 1.30 bits per heavy atom. The summed E-state index contributed by atoms with van der Waals surface area (Å²) in [6.45, 7) is 5.46. The fourth-order valence-corrected chi connectivity index (χ4v) is 1.88. The van der Waals surface area contributed by atoms with Crippen molar-refractivity contribution >= 4 is 17.5 Å². The van der Waals surface area contributed by atoms with Crippen molar-refractivity contribution in [1.82, 2.24) is 5.32 Å². The highest BCUT2D eigenvalue weighted by Gasteiger charge is 2.05. The van der Waals surface area contributed by atoms with Gasteiger partial charge in [-0.05, 0) is 50.5 Å². The molecule has 0 heterocycles. The van der Waals surface area contributed by atoms with Gasteiger partial charge in [-0.1, -0.05) is 13.3 Å². The molecule has 0 saturated carbocycles. The second-order valence-electron chi connectivity index (χ2n) is 4.91. The molecule has 1 rings (SSSR count). The van der Waals surface area contributed by atoms with Gasteiger partial charge in [-0.3, -0.25) is 4.79 Å². The molecule has 4 heteroatoms. The van der Waals surface area contributed by atoms with Crippen LogP contribution in [0, 0.1) is 0 Å². The number of amides is 1. The van der Waals surface area contributed by atoms with Gasteiger partial charge in [0.25, 0.3) is 5.91 Å². The number of ether oxygens (including phenoxy) is 1. The largest absolute Gasteiger partial charge is 0.494 e. The van der Waals surface area contributed by atoms with E-state index < -0.39 is 0 Å². The van der Waals surface area contributed by atoms with Crippen molar-refractivity contribution in [2.24, 2.45) is 0 Å². The molecule has 0 aliphatic rings. The standard InChI is InChI=1S/C16H24ClNO2/c1-3-4-12-20-15-9-7-14(8-10-15)16(19)18-11-5-6-13(2)17/h7-10,13H,3-6,11-12H2,1-2H3,(H,18,19). The molecular weight excluding hydrogens is 274 g/mol. The fourth-order valence-electron chi connectivity index (χ4n) is 1.72. The molecule has 1 atom stereocenters. The van der Waals surface area contributed by atoms with E-state index in [-0.39, 0.29) is 11.3 Å². The van der Waals surface area contributed by atoms with E-state index in [9.17, 15) is 4.79 Å². The van der Waals surface area contributed by atoms with Gasteiger partial charge in [-0.15, -0.1) is 11.6 Å². The fraction of sp³-hybridized carbons (Fsp3) is 0.562. The smallest absolute Gasteiger partial charge is 0.251 e. The molecule has 1 aromatic carbocycles. The van der Waals surface area contributed by atoms with Crippen LogP contribution in [0.3, 0.4) is 0 Å². The first-order valence-electron chi connectivity index (χ1n) is 7.28. The molecule has 112 valence electrons. The van der Waals surface area contributed by atoms with Crippen LogP contribution in [0.15, 0.2) is 24.3 Å². The molecule has 0 aliphatic carbocycles. The molecule has 1 N–H and O–H groups in total. The number of hydrogen-bond acceptors (Lipinski definition) is 2. The van der Waals surface area contributed by atoms with Gasteiger partial charge >= 0.3 is 0 Å². The zero-order chi connectivity index (χ0) is 14.8. The van der Waals surface area contributed by atoms with Crippen molar-refractivity contribution in [3.63, 3.8) is 0 Å².